The zero-order chi connectivity index (χ0) is 9.61. The average Bonchev–Trinajstić information content (AvgIpc) is 2.39. The molecule has 1 fully saturated rings. The van der Waals surface area contributed by atoms with Crippen LogP contribution < -0.4 is 5.11 Å². The third-order valence-electron chi connectivity index (χ3n) is 1.06. The Morgan fingerprint density at radius 3 is 1.62 bits per heavy atom. The van der Waals surface area contributed by atoms with Crippen LogP contribution in [-0.2, 0) is 31.9 Å². The molecule has 1 saturated heterocycles. The molecule has 0 aromatic heterocycles. The Morgan fingerprint density at radius 2 is 1.54 bits per heavy atom. The summed E-state index contributed by atoms with van der Waals surface area (Å²) in [7, 11) is 0. The first-order valence-electron chi connectivity index (χ1n) is 3.30. The minimum Gasteiger partial charge on any atom is -0.542 e. The Hall–Kier alpha value is -0.0397. The monoisotopic (exact) mass is 292 g/mol. The summed E-state index contributed by atoms with van der Waals surface area (Å²) < 4.78 is 36.5. The number of carboxylic acids is 1. The molecule has 1 rings (SSSR count). The molecule has 0 spiro atoms. The second-order valence-corrected chi connectivity index (χ2v) is 2.10. The number of hydrogen-bond acceptors (Lipinski definition) is 3. The van der Waals surface area contributed by atoms with Crippen LogP contribution in [0.25, 0.3) is 0 Å². The molecule has 3 nitrogen and oxygen atoms in total. The van der Waals surface area contributed by atoms with E-state index in [2.05, 4.69) is 0 Å². The third-order valence-corrected chi connectivity index (χ3v) is 1.06. The Bertz CT molecular complexity index is 137. The minimum absolute atomic E-state index is 0. The SMILES string of the molecule is C1CCOC1.O=C([O-])C(F)(F)F.[Ag+]. The second-order valence-electron chi connectivity index (χ2n) is 2.10. The Morgan fingerprint density at radius 1 is 1.23 bits per heavy atom. The van der Waals surface area contributed by atoms with Crippen LogP contribution in [0.4, 0.5) is 13.2 Å². The summed E-state index contributed by atoms with van der Waals surface area (Å²) in [6, 6.07) is 0. The van der Waals surface area contributed by atoms with Gasteiger partial charge in [0.2, 0.25) is 0 Å². The molecule has 0 N–H and O–H groups in total. The van der Waals surface area contributed by atoms with Crippen molar-refractivity contribution in [2.45, 2.75) is 19.0 Å². The summed E-state index contributed by atoms with van der Waals surface area (Å²) in [5, 5.41) is 8.78. The molecular formula is C6H8AgF3O3. The second kappa shape index (κ2) is 7.37. The first-order chi connectivity index (χ1) is 5.44. The molecule has 0 amide bonds. The number of rotatable bonds is 0. The van der Waals surface area contributed by atoms with Crippen molar-refractivity contribution in [1.29, 1.82) is 0 Å². The summed E-state index contributed by atoms with van der Waals surface area (Å²) in [5.41, 5.74) is 0. The fourth-order valence-electron chi connectivity index (χ4n) is 0.510. The molecule has 0 bridgehead atoms. The summed E-state index contributed by atoms with van der Waals surface area (Å²) in [4.78, 5) is 8.78. The van der Waals surface area contributed by atoms with Gasteiger partial charge in [-0.1, -0.05) is 0 Å². The van der Waals surface area contributed by atoms with Crippen molar-refractivity contribution in [2.24, 2.45) is 0 Å². The molecule has 0 unspecified atom stereocenters. The average molecular weight is 293 g/mol. The van der Waals surface area contributed by atoms with Crippen molar-refractivity contribution in [3.8, 4) is 0 Å². The summed E-state index contributed by atoms with van der Waals surface area (Å²) in [6.45, 7) is 2.00. The fourth-order valence-corrected chi connectivity index (χ4v) is 0.510. The van der Waals surface area contributed by atoms with Crippen LogP contribution in [0.2, 0.25) is 0 Å². The fraction of sp³-hybridized carbons (Fsp3) is 0.833. The largest absolute Gasteiger partial charge is 1.00 e. The van der Waals surface area contributed by atoms with Crippen molar-refractivity contribution in [3.05, 3.63) is 0 Å². The maximum atomic E-state index is 10.5. The van der Waals surface area contributed by atoms with Gasteiger partial charge in [-0.25, -0.2) is 0 Å². The molecule has 0 aromatic rings. The van der Waals surface area contributed by atoms with E-state index in [4.69, 9.17) is 14.6 Å². The van der Waals surface area contributed by atoms with E-state index in [0.29, 0.717) is 0 Å². The topological polar surface area (TPSA) is 49.4 Å². The van der Waals surface area contributed by atoms with Crippen LogP contribution in [-0.4, -0.2) is 25.4 Å². The zero-order valence-electron chi connectivity index (χ0n) is 6.49. The van der Waals surface area contributed by atoms with E-state index in [1.165, 1.54) is 12.8 Å². The first kappa shape index (κ1) is 15.4. The number of carboxylic acid groups (broad SMARTS) is 1. The van der Waals surface area contributed by atoms with E-state index >= 15 is 0 Å². The quantitative estimate of drug-likeness (QED) is 0.595. The van der Waals surface area contributed by atoms with Gasteiger partial charge in [-0.2, -0.15) is 13.2 Å². The van der Waals surface area contributed by atoms with Crippen molar-refractivity contribution in [1.82, 2.24) is 0 Å². The molecule has 1 heterocycles. The van der Waals surface area contributed by atoms with Crippen LogP contribution in [0, 0.1) is 0 Å². The van der Waals surface area contributed by atoms with Crippen molar-refractivity contribution < 1.29 is 50.2 Å². The molecule has 1 aliphatic heterocycles. The molecule has 0 atom stereocenters. The van der Waals surface area contributed by atoms with Gasteiger partial charge in [-0.15, -0.1) is 0 Å². The van der Waals surface area contributed by atoms with E-state index < -0.39 is 12.1 Å². The van der Waals surface area contributed by atoms with Gasteiger partial charge in [0.25, 0.3) is 0 Å². The van der Waals surface area contributed by atoms with Crippen LogP contribution in [0.1, 0.15) is 12.8 Å². The molecule has 1 aliphatic rings. The molecule has 0 aromatic carbocycles. The van der Waals surface area contributed by atoms with Gasteiger partial charge in [0.05, 0.1) is 0 Å². The predicted molar refractivity (Wildman–Crippen MR) is 31.1 cm³/mol. The Labute approximate surface area is 88.8 Å². The van der Waals surface area contributed by atoms with Gasteiger partial charge < -0.3 is 14.6 Å². The zero-order valence-corrected chi connectivity index (χ0v) is 7.97. The molecule has 0 saturated carbocycles. The predicted octanol–water partition coefficient (Wildman–Crippen LogP) is 0.0929. The smallest absolute Gasteiger partial charge is 0.542 e. The number of alkyl halides is 3. The van der Waals surface area contributed by atoms with Crippen molar-refractivity contribution in [2.75, 3.05) is 13.2 Å². The summed E-state index contributed by atoms with van der Waals surface area (Å²) in [6.07, 6.45) is -2.64. The van der Waals surface area contributed by atoms with Gasteiger partial charge in [-0.3, -0.25) is 0 Å². The number of ether oxygens (including phenoxy) is 1. The molecule has 7 heteroatoms. The third kappa shape index (κ3) is 9.88. The van der Waals surface area contributed by atoms with Crippen LogP contribution >= 0.6 is 0 Å². The van der Waals surface area contributed by atoms with Crippen LogP contribution in [0.15, 0.2) is 0 Å². The number of aliphatic carboxylic acids is 1. The number of halogens is 3. The van der Waals surface area contributed by atoms with Gasteiger partial charge in [0.15, 0.2) is 0 Å². The summed E-state index contributed by atoms with van der Waals surface area (Å²) >= 11 is 0. The first-order valence-corrected chi connectivity index (χ1v) is 3.30. The Balaban J connectivity index is 0. The minimum atomic E-state index is -5.19. The summed E-state index contributed by atoms with van der Waals surface area (Å²) in [5.74, 6) is -3.01. The molecule has 13 heavy (non-hydrogen) atoms. The standard InChI is InChI=1S/C4H8O.C2HF3O2.Ag/c1-2-4-5-3-1;3-2(4,5)1(6)7;/h1-4H2;(H,6,7);/q;;+1/p-1. The van der Waals surface area contributed by atoms with E-state index in [0.717, 1.165) is 13.2 Å². The van der Waals surface area contributed by atoms with E-state index in [1.807, 2.05) is 0 Å². The van der Waals surface area contributed by atoms with E-state index in [-0.39, 0.29) is 22.4 Å². The van der Waals surface area contributed by atoms with Gasteiger partial charge >= 0.3 is 28.6 Å². The number of carbonyl (C=O) groups excluding carboxylic acids is 1. The number of hydrogen-bond donors (Lipinski definition) is 0. The van der Waals surface area contributed by atoms with Gasteiger partial charge in [0, 0.05) is 13.2 Å². The van der Waals surface area contributed by atoms with Gasteiger partial charge in [-0.05, 0) is 12.8 Å². The van der Waals surface area contributed by atoms with Gasteiger partial charge in [0.1, 0.15) is 5.97 Å². The molecule has 82 valence electrons. The maximum absolute atomic E-state index is 10.5. The maximum Gasteiger partial charge on any atom is 1.00 e. The number of carbonyl (C=O) groups is 1. The molecule has 0 aliphatic carbocycles. The normalized spacial score (nSPS) is 15.3. The van der Waals surface area contributed by atoms with E-state index in [1.54, 1.807) is 0 Å². The van der Waals surface area contributed by atoms with E-state index in [9.17, 15) is 13.2 Å². The van der Waals surface area contributed by atoms with Crippen LogP contribution in [0.5, 0.6) is 0 Å². The molecule has 0 radical (unpaired) electrons. The van der Waals surface area contributed by atoms with Crippen molar-refractivity contribution >= 4 is 5.97 Å². The van der Waals surface area contributed by atoms with Crippen LogP contribution in [0.3, 0.4) is 0 Å². The van der Waals surface area contributed by atoms with Crippen molar-refractivity contribution in [3.63, 3.8) is 0 Å². The Kier molecular flexibility index (Phi) is 8.75. The molecular weight excluding hydrogens is 285 g/mol.